The SMILES string of the molecule is CC(COCC(F)(F)F)NC(=O)NCc1ccc(C(=O)O)cc1. The first-order valence-electron chi connectivity index (χ1n) is 6.68. The summed E-state index contributed by atoms with van der Waals surface area (Å²) in [5, 5.41) is 13.7. The van der Waals surface area contributed by atoms with Crippen LogP contribution in [0.15, 0.2) is 24.3 Å². The maximum Gasteiger partial charge on any atom is 0.411 e. The van der Waals surface area contributed by atoms with Crippen molar-refractivity contribution in [1.29, 1.82) is 0 Å². The number of carbonyl (C=O) groups excluding carboxylic acids is 1. The van der Waals surface area contributed by atoms with E-state index in [1.807, 2.05) is 0 Å². The summed E-state index contributed by atoms with van der Waals surface area (Å²) >= 11 is 0. The van der Waals surface area contributed by atoms with Gasteiger partial charge in [0.2, 0.25) is 0 Å². The van der Waals surface area contributed by atoms with Gasteiger partial charge >= 0.3 is 18.2 Å². The number of hydrogen-bond acceptors (Lipinski definition) is 3. The van der Waals surface area contributed by atoms with Crippen molar-refractivity contribution >= 4 is 12.0 Å². The monoisotopic (exact) mass is 334 g/mol. The van der Waals surface area contributed by atoms with E-state index < -0.39 is 30.8 Å². The molecule has 0 radical (unpaired) electrons. The van der Waals surface area contributed by atoms with Crippen molar-refractivity contribution in [2.45, 2.75) is 25.7 Å². The Labute approximate surface area is 130 Å². The van der Waals surface area contributed by atoms with Gasteiger partial charge in [0.25, 0.3) is 0 Å². The van der Waals surface area contributed by atoms with Gasteiger partial charge in [0.05, 0.1) is 18.2 Å². The highest BCUT2D eigenvalue weighted by Crippen LogP contribution is 2.14. The van der Waals surface area contributed by atoms with Crippen LogP contribution in [0.3, 0.4) is 0 Å². The zero-order chi connectivity index (χ0) is 17.5. The zero-order valence-electron chi connectivity index (χ0n) is 12.3. The van der Waals surface area contributed by atoms with Crippen LogP contribution in [0.4, 0.5) is 18.0 Å². The molecule has 0 spiro atoms. The lowest BCUT2D eigenvalue weighted by Crippen LogP contribution is -2.42. The van der Waals surface area contributed by atoms with Crippen molar-refractivity contribution < 1.29 is 32.6 Å². The highest BCUT2D eigenvalue weighted by atomic mass is 19.4. The van der Waals surface area contributed by atoms with E-state index in [-0.39, 0.29) is 18.7 Å². The van der Waals surface area contributed by atoms with Gasteiger partial charge in [0.15, 0.2) is 0 Å². The number of carboxylic acid groups (broad SMARTS) is 1. The van der Waals surface area contributed by atoms with Crippen LogP contribution >= 0.6 is 0 Å². The van der Waals surface area contributed by atoms with E-state index >= 15 is 0 Å². The van der Waals surface area contributed by atoms with Gasteiger partial charge in [-0.1, -0.05) is 12.1 Å². The van der Waals surface area contributed by atoms with Gasteiger partial charge in [-0.3, -0.25) is 0 Å². The summed E-state index contributed by atoms with van der Waals surface area (Å²) in [7, 11) is 0. The third-order valence-electron chi connectivity index (χ3n) is 2.67. The molecule has 0 bridgehead atoms. The molecule has 0 aliphatic rings. The highest BCUT2D eigenvalue weighted by Gasteiger charge is 2.27. The topological polar surface area (TPSA) is 87.7 Å². The Morgan fingerprint density at radius 1 is 1.26 bits per heavy atom. The van der Waals surface area contributed by atoms with Crippen molar-refractivity contribution in [3.8, 4) is 0 Å². The Morgan fingerprint density at radius 3 is 2.39 bits per heavy atom. The van der Waals surface area contributed by atoms with Gasteiger partial charge in [-0.15, -0.1) is 0 Å². The normalized spacial score (nSPS) is 12.5. The number of aromatic carboxylic acids is 1. The fraction of sp³-hybridized carbons (Fsp3) is 0.429. The molecule has 128 valence electrons. The van der Waals surface area contributed by atoms with Gasteiger partial charge in [-0.2, -0.15) is 13.2 Å². The number of halogens is 3. The second kappa shape index (κ2) is 8.37. The zero-order valence-corrected chi connectivity index (χ0v) is 12.3. The van der Waals surface area contributed by atoms with E-state index in [2.05, 4.69) is 15.4 Å². The molecule has 9 heteroatoms. The van der Waals surface area contributed by atoms with Crippen molar-refractivity contribution in [1.82, 2.24) is 10.6 Å². The van der Waals surface area contributed by atoms with Crippen LogP contribution in [-0.4, -0.2) is 42.5 Å². The summed E-state index contributed by atoms with van der Waals surface area (Å²) in [5.41, 5.74) is 0.819. The van der Waals surface area contributed by atoms with Gasteiger partial charge in [-0.05, 0) is 24.6 Å². The molecule has 3 N–H and O–H groups in total. The highest BCUT2D eigenvalue weighted by molar-refractivity contribution is 5.87. The molecule has 1 aromatic rings. The number of rotatable bonds is 7. The third-order valence-corrected chi connectivity index (χ3v) is 2.67. The Balaban J connectivity index is 2.29. The van der Waals surface area contributed by atoms with Crippen LogP contribution in [0.5, 0.6) is 0 Å². The number of nitrogens with one attached hydrogen (secondary N) is 2. The molecule has 23 heavy (non-hydrogen) atoms. The number of alkyl halides is 3. The fourth-order valence-corrected chi connectivity index (χ4v) is 1.62. The van der Waals surface area contributed by atoms with Crippen molar-refractivity contribution in [3.63, 3.8) is 0 Å². The molecule has 0 saturated heterocycles. The van der Waals surface area contributed by atoms with Crippen LogP contribution < -0.4 is 10.6 Å². The van der Waals surface area contributed by atoms with Gasteiger partial charge < -0.3 is 20.5 Å². The molecule has 0 saturated carbocycles. The van der Waals surface area contributed by atoms with E-state index in [9.17, 15) is 22.8 Å². The van der Waals surface area contributed by atoms with E-state index in [1.54, 1.807) is 12.1 Å². The smallest absolute Gasteiger partial charge is 0.411 e. The second-order valence-corrected chi connectivity index (χ2v) is 4.86. The Hall–Kier alpha value is -2.29. The average Bonchev–Trinajstić information content (AvgIpc) is 2.44. The number of benzene rings is 1. The maximum atomic E-state index is 11.9. The summed E-state index contributed by atoms with van der Waals surface area (Å²) in [6.45, 7) is 0.0380. The molecule has 0 heterocycles. The van der Waals surface area contributed by atoms with E-state index in [1.165, 1.54) is 19.1 Å². The van der Waals surface area contributed by atoms with Crippen molar-refractivity contribution in [2.75, 3.05) is 13.2 Å². The van der Waals surface area contributed by atoms with E-state index in [0.29, 0.717) is 5.56 Å². The number of urea groups is 1. The van der Waals surface area contributed by atoms with Crippen LogP contribution in [0, 0.1) is 0 Å². The van der Waals surface area contributed by atoms with Gasteiger partial charge in [0, 0.05) is 6.54 Å². The first-order valence-corrected chi connectivity index (χ1v) is 6.68. The molecular weight excluding hydrogens is 317 g/mol. The summed E-state index contributed by atoms with van der Waals surface area (Å²) in [5.74, 6) is -1.05. The number of ether oxygens (including phenoxy) is 1. The van der Waals surface area contributed by atoms with Gasteiger partial charge in [-0.25, -0.2) is 9.59 Å². The molecule has 1 atom stereocenters. The number of carboxylic acids is 1. The Kier molecular flexibility index (Phi) is 6.83. The lowest BCUT2D eigenvalue weighted by molar-refractivity contribution is -0.174. The third kappa shape index (κ3) is 8.05. The molecule has 0 aliphatic heterocycles. The summed E-state index contributed by atoms with van der Waals surface area (Å²) in [4.78, 5) is 22.3. The molecule has 1 rings (SSSR count). The summed E-state index contributed by atoms with van der Waals surface area (Å²) in [6, 6.07) is 4.77. The van der Waals surface area contributed by atoms with Crippen molar-refractivity contribution in [3.05, 3.63) is 35.4 Å². The lowest BCUT2D eigenvalue weighted by atomic mass is 10.1. The van der Waals surface area contributed by atoms with Crippen LogP contribution in [0.2, 0.25) is 0 Å². The molecule has 0 aliphatic carbocycles. The fourth-order valence-electron chi connectivity index (χ4n) is 1.62. The minimum absolute atomic E-state index is 0.133. The summed E-state index contributed by atoms with van der Waals surface area (Å²) < 4.78 is 40.1. The van der Waals surface area contributed by atoms with Crippen LogP contribution in [0.1, 0.15) is 22.8 Å². The molecule has 0 fully saturated rings. The minimum Gasteiger partial charge on any atom is -0.478 e. The quantitative estimate of drug-likeness (QED) is 0.713. The second-order valence-electron chi connectivity index (χ2n) is 4.86. The standard InChI is InChI=1S/C14H17F3N2O4/c1-9(7-23-8-14(15,16)17)19-13(22)18-6-10-2-4-11(5-3-10)12(20)21/h2-5,9H,6-8H2,1H3,(H,20,21)(H2,18,19,22). The Morgan fingerprint density at radius 2 is 1.87 bits per heavy atom. The molecule has 0 aromatic heterocycles. The first-order chi connectivity index (χ1) is 10.7. The van der Waals surface area contributed by atoms with Crippen molar-refractivity contribution in [2.24, 2.45) is 0 Å². The minimum atomic E-state index is -4.40. The van der Waals surface area contributed by atoms with Gasteiger partial charge in [0.1, 0.15) is 6.61 Å². The number of amides is 2. The first kappa shape index (κ1) is 18.8. The summed E-state index contributed by atoms with van der Waals surface area (Å²) in [6.07, 6.45) is -4.40. The average molecular weight is 334 g/mol. The largest absolute Gasteiger partial charge is 0.478 e. The molecule has 1 unspecified atom stereocenters. The Bertz CT molecular complexity index is 532. The number of carbonyl (C=O) groups is 2. The molecule has 6 nitrogen and oxygen atoms in total. The van der Waals surface area contributed by atoms with E-state index in [4.69, 9.17) is 5.11 Å². The molecular formula is C14H17F3N2O4. The van der Waals surface area contributed by atoms with Crippen LogP contribution in [0.25, 0.3) is 0 Å². The predicted molar refractivity (Wildman–Crippen MR) is 75.1 cm³/mol. The maximum absolute atomic E-state index is 11.9. The van der Waals surface area contributed by atoms with E-state index in [0.717, 1.165) is 0 Å². The number of hydrogen-bond donors (Lipinski definition) is 3. The molecule has 2 amide bonds. The molecule has 1 aromatic carbocycles. The predicted octanol–water partition coefficient (Wildman–Crippen LogP) is 2.15. The van der Waals surface area contributed by atoms with Crippen LogP contribution in [-0.2, 0) is 11.3 Å². The lowest BCUT2D eigenvalue weighted by Gasteiger charge is -2.15.